The fraction of sp³-hybridized carbons (Fsp3) is 0.615. The summed E-state index contributed by atoms with van der Waals surface area (Å²) in [6, 6.07) is 3.64. The normalized spacial score (nSPS) is 14.5. The summed E-state index contributed by atoms with van der Waals surface area (Å²) in [6.45, 7) is 2.47. The van der Waals surface area contributed by atoms with Gasteiger partial charge in [-0.25, -0.2) is 0 Å². The van der Waals surface area contributed by atoms with Crippen LogP contribution < -0.4 is 5.32 Å². The second-order valence-electron chi connectivity index (χ2n) is 5.09. The number of amides is 1. The zero-order valence-electron chi connectivity index (χ0n) is 11.3. The number of nitrogens with one attached hydrogen (secondary N) is 1. The number of aliphatic hydroxyl groups is 1. The first-order chi connectivity index (χ1) is 8.39. The number of furan rings is 1. The Morgan fingerprint density at radius 1 is 1.56 bits per heavy atom. The molecule has 2 N–H and O–H groups in total. The highest BCUT2D eigenvalue weighted by molar-refractivity contribution is 5.76. The van der Waals surface area contributed by atoms with Crippen molar-refractivity contribution in [1.82, 2.24) is 10.2 Å². The maximum absolute atomic E-state index is 11.6. The van der Waals surface area contributed by atoms with Gasteiger partial charge in [-0.15, -0.1) is 0 Å². The van der Waals surface area contributed by atoms with Gasteiger partial charge < -0.3 is 19.7 Å². The third-order valence-electron chi connectivity index (χ3n) is 2.50. The van der Waals surface area contributed by atoms with Crippen LogP contribution in [0.3, 0.4) is 0 Å². The smallest absolute Gasteiger partial charge is 0.220 e. The van der Waals surface area contributed by atoms with Crippen LogP contribution in [-0.2, 0) is 11.2 Å². The fourth-order valence-electron chi connectivity index (χ4n) is 1.81. The molecule has 1 rings (SSSR count). The molecule has 1 heterocycles. The summed E-state index contributed by atoms with van der Waals surface area (Å²) in [5, 5.41) is 12.7. The average molecular weight is 254 g/mol. The van der Waals surface area contributed by atoms with E-state index >= 15 is 0 Å². The van der Waals surface area contributed by atoms with Gasteiger partial charge in [-0.1, -0.05) is 0 Å². The Balaban J connectivity index is 2.24. The van der Waals surface area contributed by atoms with Crippen LogP contribution in [0.15, 0.2) is 22.8 Å². The van der Waals surface area contributed by atoms with Crippen molar-refractivity contribution in [3.05, 3.63) is 24.2 Å². The van der Waals surface area contributed by atoms with Gasteiger partial charge in [0.1, 0.15) is 5.76 Å². The molecule has 0 saturated heterocycles. The molecule has 0 aromatic carbocycles. The lowest BCUT2D eigenvalue weighted by Crippen LogP contribution is -2.47. The van der Waals surface area contributed by atoms with E-state index in [1.807, 2.05) is 25.1 Å². The summed E-state index contributed by atoms with van der Waals surface area (Å²) in [5.41, 5.74) is -0.913. The van der Waals surface area contributed by atoms with Gasteiger partial charge in [0.15, 0.2) is 0 Å². The maximum Gasteiger partial charge on any atom is 0.220 e. The van der Waals surface area contributed by atoms with Crippen molar-refractivity contribution >= 4 is 5.91 Å². The van der Waals surface area contributed by atoms with Crippen molar-refractivity contribution in [3.8, 4) is 0 Å². The highest BCUT2D eigenvalue weighted by atomic mass is 16.3. The van der Waals surface area contributed by atoms with E-state index < -0.39 is 5.60 Å². The molecule has 1 atom stereocenters. The third-order valence-corrected chi connectivity index (χ3v) is 2.50. The van der Waals surface area contributed by atoms with Gasteiger partial charge in [0.25, 0.3) is 0 Å². The van der Waals surface area contributed by atoms with E-state index in [-0.39, 0.29) is 12.5 Å². The number of hydrogen-bond acceptors (Lipinski definition) is 4. The summed E-state index contributed by atoms with van der Waals surface area (Å²) >= 11 is 0. The zero-order chi connectivity index (χ0) is 13.6. The average Bonchev–Trinajstić information content (AvgIpc) is 2.74. The van der Waals surface area contributed by atoms with Crippen molar-refractivity contribution < 1.29 is 14.3 Å². The minimum atomic E-state index is -0.913. The van der Waals surface area contributed by atoms with E-state index in [1.165, 1.54) is 0 Å². The molecule has 0 fully saturated rings. The first kappa shape index (κ1) is 14.7. The summed E-state index contributed by atoms with van der Waals surface area (Å²) in [5.74, 6) is 0.718. The van der Waals surface area contributed by atoms with Crippen molar-refractivity contribution in [3.63, 3.8) is 0 Å². The van der Waals surface area contributed by atoms with Crippen molar-refractivity contribution in [1.29, 1.82) is 0 Å². The highest BCUT2D eigenvalue weighted by Crippen LogP contribution is 2.05. The molecule has 1 aromatic rings. The van der Waals surface area contributed by atoms with Crippen LogP contribution in [0.4, 0.5) is 0 Å². The number of rotatable bonds is 7. The van der Waals surface area contributed by atoms with Gasteiger partial charge in [-0.3, -0.25) is 4.79 Å². The van der Waals surface area contributed by atoms with Crippen LogP contribution in [0.2, 0.25) is 0 Å². The Hall–Kier alpha value is -1.33. The van der Waals surface area contributed by atoms with E-state index in [2.05, 4.69) is 5.32 Å². The predicted octanol–water partition coefficient (Wildman–Crippen LogP) is 0.641. The Morgan fingerprint density at radius 2 is 2.28 bits per heavy atom. The van der Waals surface area contributed by atoms with Crippen LogP contribution in [-0.4, -0.2) is 48.7 Å². The van der Waals surface area contributed by atoms with E-state index in [9.17, 15) is 9.90 Å². The quantitative estimate of drug-likeness (QED) is 0.749. The number of carbonyl (C=O) groups is 1. The van der Waals surface area contributed by atoms with E-state index in [0.717, 1.165) is 5.76 Å². The molecule has 18 heavy (non-hydrogen) atoms. The van der Waals surface area contributed by atoms with Crippen LogP contribution in [0.1, 0.15) is 19.1 Å². The van der Waals surface area contributed by atoms with E-state index in [4.69, 9.17) is 4.42 Å². The van der Waals surface area contributed by atoms with Crippen LogP contribution in [0.25, 0.3) is 0 Å². The SMILES string of the molecule is CN(C)CC(C)(O)CNC(=O)CCc1ccco1. The minimum Gasteiger partial charge on any atom is -0.469 e. The van der Waals surface area contributed by atoms with Gasteiger partial charge >= 0.3 is 0 Å². The highest BCUT2D eigenvalue weighted by Gasteiger charge is 2.21. The lowest BCUT2D eigenvalue weighted by Gasteiger charge is -2.27. The number of aryl methyl sites for hydroxylation is 1. The van der Waals surface area contributed by atoms with Crippen LogP contribution in [0, 0.1) is 0 Å². The lowest BCUT2D eigenvalue weighted by molar-refractivity contribution is -0.122. The summed E-state index contributed by atoms with van der Waals surface area (Å²) in [4.78, 5) is 13.5. The largest absolute Gasteiger partial charge is 0.469 e. The monoisotopic (exact) mass is 254 g/mol. The van der Waals surface area contributed by atoms with Gasteiger partial charge in [-0.2, -0.15) is 0 Å². The van der Waals surface area contributed by atoms with Crippen LogP contribution in [0.5, 0.6) is 0 Å². The fourth-order valence-corrected chi connectivity index (χ4v) is 1.81. The molecule has 0 aliphatic carbocycles. The van der Waals surface area contributed by atoms with E-state index in [1.54, 1.807) is 19.3 Å². The Kier molecular flexibility index (Phi) is 5.37. The topological polar surface area (TPSA) is 65.7 Å². The second-order valence-corrected chi connectivity index (χ2v) is 5.09. The van der Waals surface area contributed by atoms with Crippen molar-refractivity contribution in [2.24, 2.45) is 0 Å². The molecule has 0 saturated carbocycles. The molecule has 5 nitrogen and oxygen atoms in total. The summed E-state index contributed by atoms with van der Waals surface area (Å²) in [6.07, 6.45) is 2.54. The van der Waals surface area contributed by atoms with Crippen LogP contribution >= 0.6 is 0 Å². The molecule has 0 aliphatic heterocycles. The zero-order valence-corrected chi connectivity index (χ0v) is 11.3. The Labute approximate surface area is 108 Å². The minimum absolute atomic E-state index is 0.0783. The molecular weight excluding hydrogens is 232 g/mol. The molecule has 1 aromatic heterocycles. The lowest BCUT2D eigenvalue weighted by atomic mass is 10.1. The first-order valence-electron chi connectivity index (χ1n) is 6.05. The Morgan fingerprint density at radius 3 is 2.83 bits per heavy atom. The second kappa shape index (κ2) is 6.56. The molecule has 0 radical (unpaired) electrons. The number of hydrogen-bond donors (Lipinski definition) is 2. The van der Waals surface area contributed by atoms with Gasteiger partial charge in [0.05, 0.1) is 11.9 Å². The van der Waals surface area contributed by atoms with E-state index in [0.29, 0.717) is 19.4 Å². The third kappa shape index (κ3) is 5.84. The molecule has 102 valence electrons. The molecule has 1 unspecified atom stereocenters. The maximum atomic E-state index is 11.6. The van der Waals surface area contributed by atoms with Crippen molar-refractivity contribution in [2.75, 3.05) is 27.2 Å². The first-order valence-corrected chi connectivity index (χ1v) is 6.05. The molecular formula is C13H22N2O3. The summed E-state index contributed by atoms with van der Waals surface area (Å²) in [7, 11) is 3.76. The predicted molar refractivity (Wildman–Crippen MR) is 69.2 cm³/mol. The number of carbonyl (C=O) groups excluding carboxylic acids is 1. The summed E-state index contributed by atoms with van der Waals surface area (Å²) < 4.78 is 5.15. The van der Waals surface area contributed by atoms with Gasteiger partial charge in [-0.05, 0) is 33.2 Å². The molecule has 5 heteroatoms. The van der Waals surface area contributed by atoms with Gasteiger partial charge in [0.2, 0.25) is 5.91 Å². The van der Waals surface area contributed by atoms with Gasteiger partial charge in [0, 0.05) is 25.9 Å². The Bertz CT molecular complexity index is 358. The number of nitrogens with zero attached hydrogens (tertiary/aromatic N) is 1. The molecule has 0 aliphatic rings. The molecule has 0 bridgehead atoms. The molecule has 1 amide bonds. The van der Waals surface area contributed by atoms with Crippen molar-refractivity contribution in [2.45, 2.75) is 25.4 Å². The standard InChI is InChI=1S/C13H22N2O3/c1-13(17,10-15(2)3)9-14-12(16)7-6-11-5-4-8-18-11/h4-5,8,17H,6-7,9-10H2,1-3H3,(H,14,16). The number of likely N-dealkylation sites (N-methyl/N-ethyl adjacent to an activating group) is 1. The molecule has 0 spiro atoms.